The maximum atomic E-state index is 13.1. The first-order valence-corrected chi connectivity index (χ1v) is 10.5. The Kier molecular flexibility index (Phi) is 5.52. The van der Waals surface area contributed by atoms with Crippen LogP contribution in [0.3, 0.4) is 0 Å². The summed E-state index contributed by atoms with van der Waals surface area (Å²) in [6, 6.07) is 10.9. The van der Waals surface area contributed by atoms with E-state index in [1.54, 1.807) is 23.0 Å². The summed E-state index contributed by atoms with van der Waals surface area (Å²) in [6.45, 7) is 3.80. The fraction of sp³-hybridized carbons (Fsp3) is 0.381. The summed E-state index contributed by atoms with van der Waals surface area (Å²) >= 11 is 1.34. The molecular formula is C21H23N3O3S. The molecule has 28 heavy (non-hydrogen) atoms. The molecule has 1 saturated heterocycles. The van der Waals surface area contributed by atoms with Crippen molar-refractivity contribution in [3.63, 3.8) is 0 Å². The number of rotatable bonds is 5. The number of nitrogens with zero attached hydrogens (tertiary/aromatic N) is 3. The van der Waals surface area contributed by atoms with Gasteiger partial charge in [-0.2, -0.15) is 0 Å². The van der Waals surface area contributed by atoms with Crippen LogP contribution in [0.4, 0.5) is 0 Å². The summed E-state index contributed by atoms with van der Waals surface area (Å²) in [5, 5.41) is 0.792. The molecule has 1 aliphatic heterocycles. The summed E-state index contributed by atoms with van der Waals surface area (Å²) in [5.41, 5.74) is 0.519. The molecule has 4 rings (SSSR count). The van der Waals surface area contributed by atoms with Gasteiger partial charge in [0, 0.05) is 13.1 Å². The molecule has 1 aliphatic rings. The Hall–Kier alpha value is -2.54. The van der Waals surface area contributed by atoms with Crippen molar-refractivity contribution in [3.8, 4) is 0 Å². The normalized spacial score (nSPS) is 15.7. The topological polar surface area (TPSA) is 68.3 Å². The molecule has 0 aliphatic carbocycles. The van der Waals surface area contributed by atoms with E-state index in [4.69, 9.17) is 9.40 Å². The van der Waals surface area contributed by atoms with Crippen molar-refractivity contribution in [3.05, 3.63) is 58.8 Å². The van der Waals surface area contributed by atoms with Gasteiger partial charge in [-0.25, -0.2) is 4.98 Å². The molecule has 1 aromatic carbocycles. The van der Waals surface area contributed by atoms with E-state index in [2.05, 4.69) is 0 Å². The number of benzene rings is 1. The van der Waals surface area contributed by atoms with Gasteiger partial charge in [-0.3, -0.25) is 14.2 Å². The lowest BCUT2D eigenvalue weighted by Gasteiger charge is -2.29. The minimum atomic E-state index is -0.311. The van der Waals surface area contributed by atoms with Crippen LogP contribution >= 0.6 is 11.8 Å². The van der Waals surface area contributed by atoms with Crippen molar-refractivity contribution in [2.24, 2.45) is 0 Å². The van der Waals surface area contributed by atoms with Crippen LogP contribution < -0.4 is 5.56 Å². The second-order valence-corrected chi connectivity index (χ2v) is 8.34. The number of aromatic nitrogens is 2. The number of amides is 1. The van der Waals surface area contributed by atoms with Gasteiger partial charge in [0.2, 0.25) is 5.91 Å². The Morgan fingerprint density at radius 1 is 1.18 bits per heavy atom. The second kappa shape index (κ2) is 8.22. The molecule has 0 saturated carbocycles. The maximum Gasteiger partial charge on any atom is 0.262 e. The lowest BCUT2D eigenvalue weighted by molar-refractivity contribution is -0.131. The first-order chi connectivity index (χ1) is 13.6. The second-order valence-electron chi connectivity index (χ2n) is 7.03. The van der Waals surface area contributed by atoms with Crippen LogP contribution in [-0.2, 0) is 11.3 Å². The summed E-state index contributed by atoms with van der Waals surface area (Å²) in [5.74, 6) is 0.785. The molecule has 3 heterocycles. The molecule has 1 fully saturated rings. The standard InChI is InChI=1S/C21H23N3O3S/c1-15(19(25)23-11-5-2-6-12-23)28-21-22-18-10-4-3-9-17(18)20(26)24(21)14-16-8-7-13-27-16/h3-4,7-10,13,15H,2,5-6,11-12,14H2,1H3. The molecule has 1 amide bonds. The highest BCUT2D eigenvalue weighted by atomic mass is 32.2. The van der Waals surface area contributed by atoms with Gasteiger partial charge in [0.15, 0.2) is 5.16 Å². The lowest BCUT2D eigenvalue weighted by Crippen LogP contribution is -2.40. The summed E-state index contributed by atoms with van der Waals surface area (Å²) in [4.78, 5) is 32.6. The third kappa shape index (κ3) is 3.85. The van der Waals surface area contributed by atoms with E-state index in [0.29, 0.717) is 21.8 Å². The predicted octanol–water partition coefficient (Wildman–Crippen LogP) is 3.53. The average Bonchev–Trinajstić information content (AvgIpc) is 3.24. The van der Waals surface area contributed by atoms with Crippen LogP contribution in [-0.4, -0.2) is 38.7 Å². The van der Waals surface area contributed by atoms with E-state index in [9.17, 15) is 9.59 Å². The molecular weight excluding hydrogens is 374 g/mol. The number of hydrogen-bond acceptors (Lipinski definition) is 5. The third-order valence-corrected chi connectivity index (χ3v) is 6.10. The van der Waals surface area contributed by atoms with Crippen LogP contribution in [0.2, 0.25) is 0 Å². The highest BCUT2D eigenvalue weighted by Crippen LogP contribution is 2.25. The van der Waals surface area contributed by atoms with Gasteiger partial charge in [0.05, 0.1) is 29.0 Å². The van der Waals surface area contributed by atoms with Gasteiger partial charge in [-0.05, 0) is 50.5 Å². The van der Waals surface area contributed by atoms with E-state index in [-0.39, 0.29) is 23.3 Å². The monoisotopic (exact) mass is 397 g/mol. The van der Waals surface area contributed by atoms with E-state index < -0.39 is 0 Å². The van der Waals surface area contributed by atoms with Crippen LogP contribution in [0.5, 0.6) is 0 Å². The highest BCUT2D eigenvalue weighted by molar-refractivity contribution is 8.00. The summed E-state index contributed by atoms with van der Waals surface area (Å²) in [6.07, 6.45) is 4.88. The summed E-state index contributed by atoms with van der Waals surface area (Å²) < 4.78 is 7.04. The largest absolute Gasteiger partial charge is 0.467 e. The number of hydrogen-bond donors (Lipinski definition) is 0. The van der Waals surface area contributed by atoms with E-state index in [1.807, 2.05) is 36.1 Å². The first kappa shape index (κ1) is 18.8. The average molecular weight is 398 g/mol. The quantitative estimate of drug-likeness (QED) is 0.487. The molecule has 0 spiro atoms. The zero-order chi connectivity index (χ0) is 19.5. The van der Waals surface area contributed by atoms with Crippen LogP contribution in [0.1, 0.15) is 31.9 Å². The van der Waals surface area contributed by atoms with Gasteiger partial charge in [-0.15, -0.1) is 0 Å². The van der Waals surface area contributed by atoms with Crippen molar-refractivity contribution in [2.75, 3.05) is 13.1 Å². The Morgan fingerprint density at radius 2 is 1.96 bits per heavy atom. The van der Waals surface area contributed by atoms with E-state index >= 15 is 0 Å². The minimum absolute atomic E-state index is 0.108. The first-order valence-electron chi connectivity index (χ1n) is 9.61. The molecule has 0 N–H and O–H groups in total. The number of carbonyl (C=O) groups excluding carboxylic acids is 1. The Balaban J connectivity index is 1.68. The fourth-order valence-electron chi connectivity index (χ4n) is 3.52. The molecule has 3 aromatic rings. The van der Waals surface area contributed by atoms with Gasteiger partial charge < -0.3 is 9.32 Å². The Labute approximate surface area is 167 Å². The maximum absolute atomic E-state index is 13.1. The number of para-hydroxylation sites is 1. The SMILES string of the molecule is CC(Sc1nc2ccccc2c(=O)n1Cc1ccco1)C(=O)N1CCCCC1. The molecule has 0 radical (unpaired) electrons. The predicted molar refractivity (Wildman–Crippen MR) is 110 cm³/mol. The molecule has 0 bridgehead atoms. The molecule has 146 valence electrons. The number of thioether (sulfide) groups is 1. The van der Waals surface area contributed by atoms with Gasteiger partial charge >= 0.3 is 0 Å². The highest BCUT2D eigenvalue weighted by Gasteiger charge is 2.25. The van der Waals surface area contributed by atoms with Crippen LogP contribution in [0.25, 0.3) is 10.9 Å². The van der Waals surface area contributed by atoms with Crippen molar-refractivity contribution < 1.29 is 9.21 Å². The minimum Gasteiger partial charge on any atom is -0.467 e. The van der Waals surface area contributed by atoms with Crippen LogP contribution in [0.15, 0.2) is 57.0 Å². The molecule has 1 unspecified atom stereocenters. The number of fused-ring (bicyclic) bond motifs is 1. The van der Waals surface area contributed by atoms with Crippen molar-refractivity contribution >= 4 is 28.6 Å². The molecule has 7 heteroatoms. The zero-order valence-electron chi connectivity index (χ0n) is 15.8. The number of furan rings is 1. The number of likely N-dealkylation sites (tertiary alicyclic amines) is 1. The number of carbonyl (C=O) groups is 1. The van der Waals surface area contributed by atoms with Gasteiger partial charge in [0.1, 0.15) is 5.76 Å². The van der Waals surface area contributed by atoms with Crippen molar-refractivity contribution in [2.45, 2.75) is 43.1 Å². The van der Waals surface area contributed by atoms with Gasteiger partial charge in [0.25, 0.3) is 5.56 Å². The molecule has 6 nitrogen and oxygen atoms in total. The smallest absolute Gasteiger partial charge is 0.262 e. The Bertz CT molecular complexity index is 1020. The third-order valence-electron chi connectivity index (χ3n) is 5.02. The van der Waals surface area contributed by atoms with E-state index in [0.717, 1.165) is 25.9 Å². The fourth-order valence-corrected chi connectivity index (χ4v) is 4.51. The Morgan fingerprint density at radius 3 is 2.71 bits per heavy atom. The van der Waals surface area contributed by atoms with E-state index in [1.165, 1.54) is 18.2 Å². The summed E-state index contributed by atoms with van der Waals surface area (Å²) in [7, 11) is 0. The van der Waals surface area contributed by atoms with Crippen molar-refractivity contribution in [1.29, 1.82) is 0 Å². The van der Waals surface area contributed by atoms with Crippen LogP contribution in [0, 0.1) is 0 Å². The van der Waals surface area contributed by atoms with Gasteiger partial charge in [-0.1, -0.05) is 23.9 Å². The molecule has 2 aromatic heterocycles. The number of piperidine rings is 1. The zero-order valence-corrected chi connectivity index (χ0v) is 16.7. The molecule has 1 atom stereocenters. The van der Waals surface area contributed by atoms with Crippen molar-refractivity contribution in [1.82, 2.24) is 14.5 Å². The lowest BCUT2D eigenvalue weighted by atomic mass is 10.1.